The highest BCUT2D eigenvalue weighted by molar-refractivity contribution is 6.00. The van der Waals surface area contributed by atoms with E-state index >= 15 is 0 Å². The van der Waals surface area contributed by atoms with E-state index in [-0.39, 0.29) is 5.78 Å². The fraction of sp³-hybridized carbons (Fsp3) is 0.231. The number of rotatable bonds is 3. The molecule has 1 heterocycles. The van der Waals surface area contributed by atoms with E-state index in [0.29, 0.717) is 0 Å². The van der Waals surface area contributed by atoms with Crippen LogP contribution in [0, 0.1) is 0 Å². The highest BCUT2D eigenvalue weighted by Gasteiger charge is 2.09. The lowest BCUT2D eigenvalue weighted by Gasteiger charge is -2.03. The zero-order valence-electron chi connectivity index (χ0n) is 9.47. The third kappa shape index (κ3) is 1.89. The molecule has 2 aromatic rings. The van der Waals surface area contributed by atoms with Crippen LogP contribution in [-0.2, 0) is 6.54 Å². The number of aromatic nitrogens is 2. The lowest BCUT2D eigenvalue weighted by Crippen LogP contribution is -1.95. The van der Waals surface area contributed by atoms with Crippen LogP contribution in [-0.4, -0.2) is 15.6 Å². The molecule has 0 saturated carbocycles. The van der Waals surface area contributed by atoms with Crippen LogP contribution in [0.2, 0.25) is 0 Å². The molecule has 82 valence electrons. The Hall–Kier alpha value is -1.90. The molecule has 2 rings (SSSR count). The van der Waals surface area contributed by atoms with Gasteiger partial charge in [0.1, 0.15) is 0 Å². The molecule has 1 aromatic carbocycles. The number of carbonyl (C=O) groups is 1. The van der Waals surface area contributed by atoms with Crippen molar-refractivity contribution in [2.75, 3.05) is 0 Å². The maximum absolute atomic E-state index is 11.5. The standard InChI is InChI=1S/C13H14N2O/c1-3-15-9-11(8-14-15)13-7-5-4-6-12(13)10(2)16/h4-9H,3H2,1-2H3. The Balaban J connectivity index is 2.50. The Morgan fingerprint density at radius 2 is 2.12 bits per heavy atom. The molecule has 16 heavy (non-hydrogen) atoms. The Morgan fingerprint density at radius 1 is 1.38 bits per heavy atom. The second-order valence-electron chi connectivity index (χ2n) is 3.69. The fourth-order valence-electron chi connectivity index (χ4n) is 1.72. The summed E-state index contributed by atoms with van der Waals surface area (Å²) >= 11 is 0. The third-order valence-electron chi connectivity index (χ3n) is 2.57. The summed E-state index contributed by atoms with van der Waals surface area (Å²) in [6, 6.07) is 7.62. The molecule has 0 bridgehead atoms. The average molecular weight is 214 g/mol. The average Bonchev–Trinajstić information content (AvgIpc) is 2.77. The van der Waals surface area contributed by atoms with Crippen molar-refractivity contribution in [3.05, 3.63) is 42.2 Å². The first-order valence-electron chi connectivity index (χ1n) is 5.35. The van der Waals surface area contributed by atoms with Gasteiger partial charge < -0.3 is 0 Å². The summed E-state index contributed by atoms with van der Waals surface area (Å²) in [5.74, 6) is 0.0832. The maximum Gasteiger partial charge on any atom is 0.160 e. The maximum atomic E-state index is 11.5. The zero-order chi connectivity index (χ0) is 11.5. The first kappa shape index (κ1) is 10.6. The van der Waals surface area contributed by atoms with Gasteiger partial charge in [-0.1, -0.05) is 24.3 Å². The Morgan fingerprint density at radius 3 is 2.75 bits per heavy atom. The van der Waals surface area contributed by atoms with E-state index in [2.05, 4.69) is 5.10 Å². The molecule has 0 aliphatic carbocycles. The lowest BCUT2D eigenvalue weighted by molar-refractivity contribution is 0.101. The highest BCUT2D eigenvalue weighted by atomic mass is 16.1. The smallest absolute Gasteiger partial charge is 0.160 e. The van der Waals surface area contributed by atoms with Gasteiger partial charge in [-0.25, -0.2) is 0 Å². The van der Waals surface area contributed by atoms with Gasteiger partial charge in [-0.2, -0.15) is 5.10 Å². The molecule has 3 heteroatoms. The van der Waals surface area contributed by atoms with Crippen LogP contribution >= 0.6 is 0 Å². The van der Waals surface area contributed by atoms with Crippen LogP contribution in [0.25, 0.3) is 11.1 Å². The Labute approximate surface area is 94.7 Å². The van der Waals surface area contributed by atoms with Crippen molar-refractivity contribution in [2.45, 2.75) is 20.4 Å². The number of aryl methyl sites for hydroxylation is 1. The normalized spacial score (nSPS) is 10.4. The number of nitrogens with zero attached hydrogens (tertiary/aromatic N) is 2. The first-order chi connectivity index (χ1) is 7.72. The predicted molar refractivity (Wildman–Crippen MR) is 63.3 cm³/mol. The molecular weight excluding hydrogens is 200 g/mol. The van der Waals surface area contributed by atoms with Gasteiger partial charge in [0.15, 0.2) is 5.78 Å². The largest absolute Gasteiger partial charge is 0.294 e. The van der Waals surface area contributed by atoms with E-state index in [1.54, 1.807) is 13.1 Å². The molecular formula is C13H14N2O. The molecule has 1 aromatic heterocycles. The second-order valence-corrected chi connectivity index (χ2v) is 3.69. The summed E-state index contributed by atoms with van der Waals surface area (Å²) < 4.78 is 1.85. The molecule has 0 unspecified atom stereocenters. The molecule has 0 saturated heterocycles. The molecule has 0 atom stereocenters. The van der Waals surface area contributed by atoms with E-state index in [9.17, 15) is 4.79 Å². The van der Waals surface area contributed by atoms with Crippen LogP contribution < -0.4 is 0 Å². The van der Waals surface area contributed by atoms with Gasteiger partial charge >= 0.3 is 0 Å². The van der Waals surface area contributed by atoms with Crippen LogP contribution in [0.1, 0.15) is 24.2 Å². The van der Waals surface area contributed by atoms with E-state index in [4.69, 9.17) is 0 Å². The SMILES string of the molecule is CCn1cc(-c2ccccc2C(C)=O)cn1. The van der Waals surface area contributed by atoms with Crippen molar-refractivity contribution in [1.82, 2.24) is 9.78 Å². The quantitative estimate of drug-likeness (QED) is 0.736. The van der Waals surface area contributed by atoms with Crippen molar-refractivity contribution < 1.29 is 4.79 Å². The molecule has 0 radical (unpaired) electrons. The molecule has 0 aliphatic rings. The van der Waals surface area contributed by atoms with Gasteiger partial charge in [0.05, 0.1) is 6.20 Å². The summed E-state index contributed by atoms with van der Waals surface area (Å²) in [6.07, 6.45) is 3.76. The van der Waals surface area contributed by atoms with Gasteiger partial charge in [0.2, 0.25) is 0 Å². The van der Waals surface area contributed by atoms with Crippen molar-refractivity contribution in [2.24, 2.45) is 0 Å². The fourth-order valence-corrected chi connectivity index (χ4v) is 1.72. The zero-order valence-corrected chi connectivity index (χ0v) is 9.47. The number of hydrogen-bond donors (Lipinski definition) is 0. The van der Waals surface area contributed by atoms with E-state index < -0.39 is 0 Å². The van der Waals surface area contributed by atoms with Crippen LogP contribution in [0.4, 0.5) is 0 Å². The van der Waals surface area contributed by atoms with Crippen molar-refractivity contribution >= 4 is 5.78 Å². The van der Waals surface area contributed by atoms with Gasteiger partial charge in [0, 0.05) is 23.9 Å². The molecule has 0 N–H and O–H groups in total. The van der Waals surface area contributed by atoms with Crippen molar-refractivity contribution in [1.29, 1.82) is 0 Å². The minimum atomic E-state index is 0.0832. The van der Waals surface area contributed by atoms with Gasteiger partial charge in [-0.3, -0.25) is 9.48 Å². The van der Waals surface area contributed by atoms with Crippen molar-refractivity contribution in [3.63, 3.8) is 0 Å². The molecule has 0 amide bonds. The van der Waals surface area contributed by atoms with E-state index in [1.165, 1.54) is 0 Å². The van der Waals surface area contributed by atoms with E-state index in [1.807, 2.05) is 42.1 Å². The summed E-state index contributed by atoms with van der Waals surface area (Å²) in [4.78, 5) is 11.5. The topological polar surface area (TPSA) is 34.9 Å². The number of Topliss-reactive ketones (excluding diaryl/α,β-unsaturated/α-hetero) is 1. The van der Waals surface area contributed by atoms with Crippen LogP contribution in [0.5, 0.6) is 0 Å². The Kier molecular flexibility index (Phi) is 2.86. The number of benzene rings is 1. The van der Waals surface area contributed by atoms with Gasteiger partial charge in [-0.05, 0) is 19.4 Å². The molecule has 3 nitrogen and oxygen atoms in total. The minimum absolute atomic E-state index is 0.0832. The Bertz CT molecular complexity index is 514. The number of ketones is 1. The van der Waals surface area contributed by atoms with Gasteiger partial charge in [0.25, 0.3) is 0 Å². The van der Waals surface area contributed by atoms with Crippen LogP contribution in [0.15, 0.2) is 36.7 Å². The minimum Gasteiger partial charge on any atom is -0.294 e. The molecule has 0 spiro atoms. The molecule has 0 fully saturated rings. The predicted octanol–water partition coefficient (Wildman–Crippen LogP) is 2.77. The first-order valence-corrected chi connectivity index (χ1v) is 5.35. The van der Waals surface area contributed by atoms with E-state index in [0.717, 1.165) is 23.2 Å². The van der Waals surface area contributed by atoms with Gasteiger partial charge in [-0.15, -0.1) is 0 Å². The molecule has 0 aliphatic heterocycles. The summed E-state index contributed by atoms with van der Waals surface area (Å²) in [7, 11) is 0. The third-order valence-corrected chi connectivity index (χ3v) is 2.57. The summed E-state index contributed by atoms with van der Waals surface area (Å²) in [6.45, 7) is 4.46. The summed E-state index contributed by atoms with van der Waals surface area (Å²) in [5, 5.41) is 4.22. The van der Waals surface area contributed by atoms with Crippen molar-refractivity contribution in [3.8, 4) is 11.1 Å². The summed E-state index contributed by atoms with van der Waals surface area (Å²) in [5.41, 5.74) is 2.69. The monoisotopic (exact) mass is 214 g/mol. The number of hydrogen-bond acceptors (Lipinski definition) is 2. The number of carbonyl (C=O) groups excluding carboxylic acids is 1. The van der Waals surface area contributed by atoms with Crippen LogP contribution in [0.3, 0.4) is 0 Å². The lowest BCUT2D eigenvalue weighted by atomic mass is 10.0. The highest BCUT2D eigenvalue weighted by Crippen LogP contribution is 2.23. The second kappa shape index (κ2) is 4.31.